The highest BCUT2D eigenvalue weighted by molar-refractivity contribution is 6.16. The first-order valence-electron chi connectivity index (χ1n) is 12.5. The maximum absolute atomic E-state index is 14.5. The summed E-state index contributed by atoms with van der Waals surface area (Å²) < 4.78 is 44.0. The van der Waals surface area contributed by atoms with Crippen molar-refractivity contribution in [2.24, 2.45) is 0 Å². The Morgan fingerprint density at radius 3 is 2.73 bits per heavy atom. The lowest BCUT2D eigenvalue weighted by atomic mass is 9.70. The van der Waals surface area contributed by atoms with Crippen molar-refractivity contribution >= 4 is 34.5 Å². The van der Waals surface area contributed by atoms with Crippen LogP contribution in [0.25, 0.3) is 17.0 Å². The van der Waals surface area contributed by atoms with Crippen molar-refractivity contribution in [3.05, 3.63) is 83.6 Å². The number of H-pyrrole nitrogens is 1. The van der Waals surface area contributed by atoms with E-state index >= 15 is 0 Å². The minimum atomic E-state index is -4.85. The molecule has 2 aliphatic rings. The number of ether oxygens (including phenoxy) is 1. The van der Waals surface area contributed by atoms with E-state index in [4.69, 9.17) is 0 Å². The molecule has 7 rings (SSSR count). The van der Waals surface area contributed by atoms with Crippen molar-refractivity contribution in [1.82, 2.24) is 29.7 Å². The smallest absolute Gasteiger partial charge is 0.406 e. The first-order valence-corrected chi connectivity index (χ1v) is 12.5. The quantitative estimate of drug-likeness (QED) is 0.341. The number of rotatable bonds is 4. The number of benzene rings is 2. The van der Waals surface area contributed by atoms with Gasteiger partial charge in [-0.15, -0.1) is 13.2 Å². The van der Waals surface area contributed by atoms with Crippen molar-refractivity contribution < 1.29 is 27.5 Å². The average Bonchev–Trinajstić information content (AvgIpc) is 3.59. The molecule has 1 atom stereocenters. The summed E-state index contributed by atoms with van der Waals surface area (Å²) in [5.74, 6) is -0.561. The molecule has 1 spiro atoms. The van der Waals surface area contributed by atoms with Crippen LogP contribution in [0, 0.1) is 6.92 Å². The lowest BCUT2D eigenvalue weighted by Gasteiger charge is -2.33. The van der Waals surface area contributed by atoms with Gasteiger partial charge in [0.15, 0.2) is 11.5 Å². The predicted molar refractivity (Wildman–Crippen MR) is 138 cm³/mol. The number of para-hydroxylation sites is 1. The minimum Gasteiger partial charge on any atom is -0.406 e. The number of hydrogen-bond donors (Lipinski definition) is 2. The number of halogens is 3. The maximum Gasteiger partial charge on any atom is 0.573 e. The van der Waals surface area contributed by atoms with E-state index in [1.54, 1.807) is 37.3 Å². The Hall–Kier alpha value is -5.27. The molecular formula is C27H19F3N8O3. The van der Waals surface area contributed by atoms with Crippen LogP contribution in [-0.2, 0) is 21.5 Å². The topological polar surface area (TPSA) is 131 Å². The number of fused-ring (bicyclic) bond motifs is 5. The molecule has 206 valence electrons. The predicted octanol–water partition coefficient (Wildman–Crippen LogP) is 3.92. The second-order valence-corrected chi connectivity index (χ2v) is 9.75. The van der Waals surface area contributed by atoms with E-state index in [9.17, 15) is 22.8 Å². The van der Waals surface area contributed by atoms with Crippen LogP contribution in [0.2, 0.25) is 0 Å². The number of aryl methyl sites for hydroxylation is 1. The normalized spacial score (nSPS) is 18.1. The summed E-state index contributed by atoms with van der Waals surface area (Å²) in [5.41, 5.74) is 2.05. The molecule has 11 nitrogen and oxygen atoms in total. The third-order valence-electron chi connectivity index (χ3n) is 7.31. The molecule has 3 aromatic heterocycles. The number of hydrogen-bond acceptors (Lipinski definition) is 7. The van der Waals surface area contributed by atoms with E-state index in [1.807, 2.05) is 0 Å². The van der Waals surface area contributed by atoms with Gasteiger partial charge in [-0.3, -0.25) is 9.59 Å². The molecule has 0 saturated carbocycles. The fourth-order valence-corrected chi connectivity index (χ4v) is 5.84. The van der Waals surface area contributed by atoms with Gasteiger partial charge in [-0.05, 0) is 36.2 Å². The van der Waals surface area contributed by atoms with Gasteiger partial charge >= 0.3 is 6.36 Å². The van der Waals surface area contributed by atoms with E-state index in [-0.39, 0.29) is 13.0 Å². The number of aromatic amines is 1. The summed E-state index contributed by atoms with van der Waals surface area (Å²) in [7, 11) is 0. The highest BCUT2D eigenvalue weighted by atomic mass is 19.4. The number of alkyl halides is 3. The highest BCUT2D eigenvalue weighted by Crippen LogP contribution is 2.53. The van der Waals surface area contributed by atoms with Crippen LogP contribution < -0.4 is 15.0 Å². The van der Waals surface area contributed by atoms with Crippen LogP contribution in [0.3, 0.4) is 0 Å². The molecule has 41 heavy (non-hydrogen) atoms. The van der Waals surface area contributed by atoms with Gasteiger partial charge in [0.1, 0.15) is 28.8 Å². The number of carbonyl (C=O) groups is 2. The largest absolute Gasteiger partial charge is 0.573 e. The van der Waals surface area contributed by atoms with E-state index < -0.39 is 29.3 Å². The van der Waals surface area contributed by atoms with Gasteiger partial charge in [0, 0.05) is 17.7 Å². The number of nitrogens with one attached hydrogen (secondary N) is 2. The summed E-state index contributed by atoms with van der Waals surface area (Å²) in [6.07, 6.45) is -2.24. The molecule has 2 aliphatic heterocycles. The molecule has 2 aromatic carbocycles. The molecule has 0 fully saturated rings. The van der Waals surface area contributed by atoms with Crippen LogP contribution in [-0.4, -0.2) is 47.9 Å². The lowest BCUT2D eigenvalue weighted by molar-refractivity contribution is -0.274. The van der Waals surface area contributed by atoms with Crippen molar-refractivity contribution in [3.63, 3.8) is 0 Å². The van der Waals surface area contributed by atoms with E-state index in [0.717, 1.165) is 0 Å². The van der Waals surface area contributed by atoms with Crippen LogP contribution in [0.15, 0.2) is 61.2 Å². The van der Waals surface area contributed by atoms with Gasteiger partial charge in [0.25, 0.3) is 0 Å². The van der Waals surface area contributed by atoms with E-state index in [0.29, 0.717) is 50.9 Å². The Labute approximate surface area is 229 Å². The zero-order chi connectivity index (χ0) is 28.5. The maximum atomic E-state index is 14.5. The van der Waals surface area contributed by atoms with Crippen LogP contribution in [0.5, 0.6) is 5.75 Å². The Bertz CT molecular complexity index is 1880. The SMILES string of the molecule is Cc1nn(-c2ncnc3nc[nH]c23)c2c1[C@@]1(CC(=O)N2)C(=O)N(Cc2cccc(OC(F)(F)F)c2)c2ccccc21. The number of carbonyl (C=O) groups excluding carboxylic acids is 2. The third-order valence-corrected chi connectivity index (χ3v) is 7.31. The summed E-state index contributed by atoms with van der Waals surface area (Å²) in [5, 5.41) is 7.55. The first kappa shape index (κ1) is 24.7. The second kappa shape index (κ2) is 8.61. The number of amides is 2. The van der Waals surface area contributed by atoms with E-state index in [1.165, 1.54) is 40.4 Å². The second-order valence-electron chi connectivity index (χ2n) is 9.75. The summed E-state index contributed by atoms with van der Waals surface area (Å²) in [6.45, 7) is 1.70. The minimum absolute atomic E-state index is 0.0442. The fourth-order valence-electron chi connectivity index (χ4n) is 5.84. The summed E-state index contributed by atoms with van der Waals surface area (Å²) >= 11 is 0. The number of imidazole rings is 1. The number of anilines is 2. The molecule has 0 saturated heterocycles. The number of nitrogens with zero attached hydrogens (tertiary/aromatic N) is 6. The lowest BCUT2D eigenvalue weighted by Crippen LogP contribution is -2.46. The Morgan fingerprint density at radius 1 is 1.07 bits per heavy atom. The molecule has 5 aromatic rings. The van der Waals surface area contributed by atoms with E-state index in [2.05, 4.69) is 35.1 Å². The van der Waals surface area contributed by atoms with Crippen molar-refractivity contribution in [3.8, 4) is 11.6 Å². The Balaban J connectivity index is 1.37. The Kier molecular flexibility index (Phi) is 5.20. The zero-order valence-electron chi connectivity index (χ0n) is 21.2. The van der Waals surface area contributed by atoms with Gasteiger partial charge in [0.2, 0.25) is 11.8 Å². The van der Waals surface area contributed by atoms with Crippen LogP contribution in [0.4, 0.5) is 24.7 Å². The zero-order valence-corrected chi connectivity index (χ0v) is 21.2. The van der Waals surface area contributed by atoms with Gasteiger partial charge in [-0.2, -0.15) is 9.78 Å². The van der Waals surface area contributed by atoms with Crippen molar-refractivity contribution in [1.29, 1.82) is 0 Å². The molecule has 0 unspecified atom stereocenters. The number of aromatic nitrogens is 6. The van der Waals surface area contributed by atoms with Gasteiger partial charge in [-0.1, -0.05) is 30.3 Å². The molecule has 14 heteroatoms. The highest BCUT2D eigenvalue weighted by Gasteiger charge is 2.58. The Morgan fingerprint density at radius 2 is 1.90 bits per heavy atom. The molecular weight excluding hydrogens is 541 g/mol. The van der Waals surface area contributed by atoms with Crippen LogP contribution >= 0.6 is 0 Å². The average molecular weight is 560 g/mol. The van der Waals surface area contributed by atoms with Gasteiger partial charge in [0.05, 0.1) is 18.6 Å². The summed E-state index contributed by atoms with van der Waals surface area (Å²) in [4.78, 5) is 44.9. The molecule has 5 heterocycles. The monoisotopic (exact) mass is 560 g/mol. The molecule has 2 N–H and O–H groups in total. The van der Waals surface area contributed by atoms with Crippen molar-refractivity contribution in [2.75, 3.05) is 10.2 Å². The van der Waals surface area contributed by atoms with Crippen LogP contribution in [0.1, 0.15) is 28.8 Å². The van der Waals surface area contributed by atoms with Gasteiger partial charge in [-0.25, -0.2) is 15.0 Å². The van der Waals surface area contributed by atoms with Gasteiger partial charge < -0.3 is 19.9 Å². The molecule has 0 aliphatic carbocycles. The molecule has 0 radical (unpaired) electrons. The fraction of sp³-hybridized carbons (Fsp3) is 0.185. The third kappa shape index (κ3) is 3.74. The molecule has 2 amide bonds. The molecule has 0 bridgehead atoms. The first-order chi connectivity index (χ1) is 19.7. The van der Waals surface area contributed by atoms with Crippen molar-refractivity contribution in [2.45, 2.75) is 31.7 Å². The summed E-state index contributed by atoms with van der Waals surface area (Å²) in [6, 6.07) is 12.5. The standard InChI is InChI=1S/C27H19F3N8O3/c1-14-20-23(38(36-14)24-21-22(32-12-31-21)33-13-34-24)35-19(39)10-26(20)17-7-2-3-8-18(17)37(25(26)40)11-15-5-4-6-16(9-15)41-27(28,29)30/h2-9,12-13H,10-11H2,1H3,(H,35,39)(H,31,32,33,34)/t26-/m0/s1.